The molecule has 1 atom stereocenters. The van der Waals surface area contributed by atoms with Gasteiger partial charge in [0.15, 0.2) is 0 Å². The number of benzene rings is 2. The van der Waals surface area contributed by atoms with Crippen LogP contribution < -0.4 is 0 Å². The average Bonchev–Trinajstić information content (AvgIpc) is 2.61. The van der Waals surface area contributed by atoms with Crippen molar-refractivity contribution in [1.29, 1.82) is 0 Å². The van der Waals surface area contributed by atoms with E-state index in [4.69, 9.17) is 9.84 Å². The maximum Gasteiger partial charge on any atom is 0.338 e. The molecular formula is C21H20O4. The van der Waals surface area contributed by atoms with Crippen molar-refractivity contribution in [2.24, 2.45) is 0 Å². The molecule has 0 spiro atoms. The van der Waals surface area contributed by atoms with E-state index in [0.717, 1.165) is 16.7 Å². The Bertz CT molecular complexity index is 820. The van der Waals surface area contributed by atoms with Crippen LogP contribution in [-0.2, 0) is 4.74 Å². The van der Waals surface area contributed by atoms with Crippen molar-refractivity contribution in [2.45, 2.75) is 19.4 Å². The lowest BCUT2D eigenvalue weighted by Crippen LogP contribution is -2.18. The highest BCUT2D eigenvalue weighted by atomic mass is 16.5. The SMILES string of the molecule is C=CCC(OC(=O)c1cccc(-c2cccc(C(=O)O)c2)c1)C(=C)C. The second kappa shape index (κ2) is 8.11. The Hall–Kier alpha value is -3.14. The number of carbonyl (C=O) groups is 2. The van der Waals surface area contributed by atoms with Gasteiger partial charge in [-0.15, -0.1) is 6.58 Å². The number of aromatic carboxylic acids is 1. The zero-order valence-electron chi connectivity index (χ0n) is 14.1. The lowest BCUT2D eigenvalue weighted by atomic mass is 10.0. The standard InChI is InChI=1S/C21H20O4/c1-4-7-19(14(2)3)25-21(24)18-11-6-9-16(13-18)15-8-5-10-17(12-15)20(22)23/h4-6,8-13,19H,1-2,7H2,3H3,(H,22,23). The molecule has 0 aliphatic heterocycles. The molecule has 0 radical (unpaired) electrons. The lowest BCUT2D eigenvalue weighted by molar-refractivity contribution is 0.0380. The summed E-state index contributed by atoms with van der Waals surface area (Å²) in [5.41, 5.74) is 2.80. The van der Waals surface area contributed by atoms with Gasteiger partial charge < -0.3 is 9.84 Å². The molecule has 2 aromatic carbocycles. The smallest absolute Gasteiger partial charge is 0.338 e. The summed E-state index contributed by atoms with van der Waals surface area (Å²) in [5, 5.41) is 9.11. The maximum atomic E-state index is 12.4. The summed E-state index contributed by atoms with van der Waals surface area (Å²) in [5.74, 6) is -1.45. The van der Waals surface area contributed by atoms with Crippen molar-refractivity contribution in [3.63, 3.8) is 0 Å². The minimum Gasteiger partial charge on any atom is -0.478 e. The first-order chi connectivity index (χ1) is 11.9. The normalized spacial score (nSPS) is 11.4. The van der Waals surface area contributed by atoms with Crippen LogP contribution in [0.15, 0.2) is 73.3 Å². The third-order valence-corrected chi connectivity index (χ3v) is 3.72. The zero-order valence-corrected chi connectivity index (χ0v) is 14.1. The Morgan fingerprint density at radius 3 is 2.20 bits per heavy atom. The van der Waals surface area contributed by atoms with Gasteiger partial charge >= 0.3 is 11.9 Å². The molecule has 0 aromatic heterocycles. The second-order valence-corrected chi connectivity index (χ2v) is 5.73. The van der Waals surface area contributed by atoms with Crippen molar-refractivity contribution < 1.29 is 19.4 Å². The molecule has 1 N–H and O–H groups in total. The largest absolute Gasteiger partial charge is 0.478 e. The summed E-state index contributed by atoms with van der Waals surface area (Å²) in [6, 6.07) is 13.5. The molecule has 1 unspecified atom stereocenters. The Morgan fingerprint density at radius 1 is 1.12 bits per heavy atom. The van der Waals surface area contributed by atoms with Gasteiger partial charge in [0.1, 0.15) is 6.10 Å². The van der Waals surface area contributed by atoms with Gasteiger partial charge in [-0.2, -0.15) is 0 Å². The van der Waals surface area contributed by atoms with Crippen LogP contribution in [0.5, 0.6) is 0 Å². The van der Waals surface area contributed by atoms with E-state index in [1.165, 1.54) is 6.07 Å². The van der Waals surface area contributed by atoms with Crippen LogP contribution in [0, 0.1) is 0 Å². The summed E-state index contributed by atoms with van der Waals surface area (Å²) >= 11 is 0. The van der Waals surface area contributed by atoms with Gasteiger partial charge in [-0.3, -0.25) is 0 Å². The van der Waals surface area contributed by atoms with Gasteiger partial charge in [0.25, 0.3) is 0 Å². The van der Waals surface area contributed by atoms with Gasteiger partial charge in [-0.05, 0) is 47.9 Å². The number of carbonyl (C=O) groups excluding carboxylic acids is 1. The number of ether oxygens (including phenoxy) is 1. The fraction of sp³-hybridized carbons (Fsp3) is 0.143. The Morgan fingerprint density at radius 2 is 1.68 bits per heavy atom. The molecule has 25 heavy (non-hydrogen) atoms. The van der Waals surface area contributed by atoms with Crippen molar-refractivity contribution in [3.8, 4) is 11.1 Å². The minimum atomic E-state index is -0.994. The molecule has 0 amide bonds. The molecule has 2 rings (SSSR count). The number of carboxylic acids is 1. The van der Waals surface area contributed by atoms with Crippen molar-refractivity contribution in [1.82, 2.24) is 0 Å². The molecule has 0 heterocycles. The topological polar surface area (TPSA) is 63.6 Å². The summed E-state index contributed by atoms with van der Waals surface area (Å²) < 4.78 is 5.49. The Labute approximate surface area is 147 Å². The number of rotatable bonds is 7. The molecule has 128 valence electrons. The fourth-order valence-electron chi connectivity index (χ4n) is 2.36. The summed E-state index contributed by atoms with van der Waals surface area (Å²) in [6.45, 7) is 9.29. The third-order valence-electron chi connectivity index (χ3n) is 3.72. The van der Waals surface area contributed by atoms with Gasteiger partial charge in [0.2, 0.25) is 0 Å². The van der Waals surface area contributed by atoms with E-state index in [0.29, 0.717) is 12.0 Å². The molecule has 4 nitrogen and oxygen atoms in total. The second-order valence-electron chi connectivity index (χ2n) is 5.73. The first-order valence-electron chi connectivity index (χ1n) is 7.83. The van der Waals surface area contributed by atoms with Gasteiger partial charge in [0, 0.05) is 6.42 Å². The highest BCUT2D eigenvalue weighted by molar-refractivity contribution is 5.92. The monoisotopic (exact) mass is 336 g/mol. The van der Waals surface area contributed by atoms with Gasteiger partial charge in [-0.25, -0.2) is 9.59 Å². The van der Waals surface area contributed by atoms with Crippen LogP contribution in [0.3, 0.4) is 0 Å². The van der Waals surface area contributed by atoms with E-state index >= 15 is 0 Å². The van der Waals surface area contributed by atoms with Crippen LogP contribution in [0.1, 0.15) is 34.1 Å². The predicted octanol–water partition coefficient (Wildman–Crippen LogP) is 4.73. The van der Waals surface area contributed by atoms with Crippen molar-refractivity contribution >= 4 is 11.9 Å². The number of hydrogen-bond acceptors (Lipinski definition) is 3. The van der Waals surface area contributed by atoms with E-state index < -0.39 is 18.0 Å². The molecule has 0 saturated heterocycles. The quantitative estimate of drug-likeness (QED) is 0.586. The van der Waals surface area contributed by atoms with E-state index in [1.54, 1.807) is 49.4 Å². The summed E-state index contributed by atoms with van der Waals surface area (Å²) in [6.07, 6.45) is 1.77. The molecule has 4 heteroatoms. The maximum absolute atomic E-state index is 12.4. The number of esters is 1. The van der Waals surface area contributed by atoms with Crippen molar-refractivity contribution in [3.05, 3.63) is 84.5 Å². The molecule has 0 bridgehead atoms. The van der Waals surface area contributed by atoms with E-state index in [9.17, 15) is 9.59 Å². The fourth-order valence-corrected chi connectivity index (χ4v) is 2.36. The predicted molar refractivity (Wildman–Crippen MR) is 97.7 cm³/mol. The highest BCUT2D eigenvalue weighted by Gasteiger charge is 2.16. The zero-order chi connectivity index (χ0) is 18.4. The number of hydrogen-bond donors (Lipinski definition) is 1. The molecule has 0 aliphatic rings. The summed E-state index contributed by atoms with van der Waals surface area (Å²) in [7, 11) is 0. The molecule has 0 saturated carbocycles. The highest BCUT2D eigenvalue weighted by Crippen LogP contribution is 2.23. The molecule has 0 aliphatic carbocycles. The van der Waals surface area contributed by atoms with Gasteiger partial charge in [-0.1, -0.05) is 36.9 Å². The summed E-state index contributed by atoms with van der Waals surface area (Å²) in [4.78, 5) is 23.5. The number of carboxylic acid groups (broad SMARTS) is 1. The van der Waals surface area contributed by atoms with E-state index in [2.05, 4.69) is 13.2 Å². The first-order valence-corrected chi connectivity index (χ1v) is 7.83. The van der Waals surface area contributed by atoms with Crippen LogP contribution in [-0.4, -0.2) is 23.1 Å². The first kappa shape index (κ1) is 18.2. The van der Waals surface area contributed by atoms with E-state index in [1.807, 2.05) is 6.07 Å². The minimum absolute atomic E-state index is 0.193. The molecule has 0 fully saturated rings. The molecule has 2 aromatic rings. The lowest BCUT2D eigenvalue weighted by Gasteiger charge is -2.16. The molecular weight excluding hydrogens is 316 g/mol. The van der Waals surface area contributed by atoms with Gasteiger partial charge in [0.05, 0.1) is 11.1 Å². The van der Waals surface area contributed by atoms with Crippen LogP contribution in [0.2, 0.25) is 0 Å². The van der Waals surface area contributed by atoms with Crippen LogP contribution >= 0.6 is 0 Å². The van der Waals surface area contributed by atoms with Crippen LogP contribution in [0.4, 0.5) is 0 Å². The van der Waals surface area contributed by atoms with Crippen molar-refractivity contribution in [2.75, 3.05) is 0 Å². The van der Waals surface area contributed by atoms with E-state index in [-0.39, 0.29) is 5.56 Å². The average molecular weight is 336 g/mol. The Kier molecular flexibility index (Phi) is 5.90. The third kappa shape index (κ3) is 4.67. The Balaban J connectivity index is 2.27. The van der Waals surface area contributed by atoms with Crippen LogP contribution in [0.25, 0.3) is 11.1 Å².